The van der Waals surface area contributed by atoms with Crippen LogP contribution in [0.3, 0.4) is 0 Å². The van der Waals surface area contributed by atoms with Gasteiger partial charge in [-0.1, -0.05) is 59.6 Å². The molecule has 0 radical (unpaired) electrons. The lowest BCUT2D eigenvalue weighted by molar-refractivity contribution is -0.141. The predicted octanol–water partition coefficient (Wildman–Crippen LogP) is 8.15. The summed E-state index contributed by atoms with van der Waals surface area (Å²) in [7, 11) is 0. The molecule has 5 rings (SSSR count). The quantitative estimate of drug-likeness (QED) is 0.218. The SMILES string of the molecule is Cc1cc(-c2ccc(C(C)N3CCOCC3)cc2)ccc1OCc1cc(C(F)(F)F)nn1-c1c(Cl)cccc1Cl. The minimum atomic E-state index is -4.64. The fourth-order valence-corrected chi connectivity index (χ4v) is 5.38. The van der Waals surface area contributed by atoms with Crippen molar-refractivity contribution in [1.82, 2.24) is 14.7 Å². The highest BCUT2D eigenvalue weighted by atomic mass is 35.5. The van der Waals surface area contributed by atoms with Crippen LogP contribution >= 0.6 is 23.2 Å². The van der Waals surface area contributed by atoms with E-state index in [1.54, 1.807) is 18.2 Å². The van der Waals surface area contributed by atoms with Gasteiger partial charge < -0.3 is 9.47 Å². The lowest BCUT2D eigenvalue weighted by atomic mass is 9.99. The van der Waals surface area contributed by atoms with Gasteiger partial charge in [0.25, 0.3) is 0 Å². The number of aryl methyl sites for hydroxylation is 1. The molecule has 210 valence electrons. The average molecular weight is 590 g/mol. The van der Waals surface area contributed by atoms with Crippen molar-refractivity contribution >= 4 is 23.2 Å². The number of morpholine rings is 1. The Bertz CT molecular complexity index is 1460. The van der Waals surface area contributed by atoms with Crippen LogP contribution in [0.5, 0.6) is 5.75 Å². The van der Waals surface area contributed by atoms with Crippen molar-refractivity contribution in [2.75, 3.05) is 26.3 Å². The van der Waals surface area contributed by atoms with Crippen molar-refractivity contribution in [3.8, 4) is 22.6 Å². The zero-order valence-corrected chi connectivity index (χ0v) is 23.5. The van der Waals surface area contributed by atoms with Crippen LogP contribution in [0, 0.1) is 6.92 Å². The van der Waals surface area contributed by atoms with Gasteiger partial charge in [-0.05, 0) is 66.4 Å². The lowest BCUT2D eigenvalue weighted by Crippen LogP contribution is -2.37. The van der Waals surface area contributed by atoms with Gasteiger partial charge in [-0.3, -0.25) is 4.90 Å². The average Bonchev–Trinajstić information content (AvgIpc) is 3.37. The van der Waals surface area contributed by atoms with E-state index in [0.717, 1.165) is 53.7 Å². The van der Waals surface area contributed by atoms with Crippen LogP contribution in [0.2, 0.25) is 10.0 Å². The number of hydrogen-bond donors (Lipinski definition) is 0. The molecule has 5 nitrogen and oxygen atoms in total. The molecule has 0 spiro atoms. The summed E-state index contributed by atoms with van der Waals surface area (Å²) in [6.45, 7) is 7.31. The summed E-state index contributed by atoms with van der Waals surface area (Å²) in [4.78, 5) is 2.41. The smallest absolute Gasteiger partial charge is 0.435 e. The summed E-state index contributed by atoms with van der Waals surface area (Å²) in [6.07, 6.45) is -4.64. The Morgan fingerprint density at radius 2 is 1.60 bits per heavy atom. The molecular formula is C30H28Cl2F3N3O2. The van der Waals surface area contributed by atoms with Gasteiger partial charge in [0.1, 0.15) is 18.0 Å². The molecule has 1 unspecified atom stereocenters. The van der Waals surface area contributed by atoms with E-state index >= 15 is 0 Å². The van der Waals surface area contributed by atoms with Gasteiger partial charge >= 0.3 is 6.18 Å². The van der Waals surface area contributed by atoms with E-state index in [1.807, 2.05) is 25.1 Å². The van der Waals surface area contributed by atoms with E-state index in [2.05, 4.69) is 41.2 Å². The third kappa shape index (κ3) is 6.15. The first kappa shape index (κ1) is 28.5. The molecule has 10 heteroatoms. The second kappa shape index (κ2) is 11.8. The highest BCUT2D eigenvalue weighted by Gasteiger charge is 2.35. The number of ether oxygens (including phenoxy) is 2. The largest absolute Gasteiger partial charge is 0.487 e. The highest BCUT2D eigenvalue weighted by molar-refractivity contribution is 6.37. The van der Waals surface area contributed by atoms with Gasteiger partial charge in [0.05, 0.1) is 29.0 Å². The van der Waals surface area contributed by atoms with Gasteiger partial charge in [-0.15, -0.1) is 0 Å². The van der Waals surface area contributed by atoms with Gasteiger partial charge in [0.15, 0.2) is 5.69 Å². The molecule has 1 saturated heterocycles. The molecule has 0 saturated carbocycles. The van der Waals surface area contributed by atoms with E-state index in [4.69, 9.17) is 32.7 Å². The van der Waals surface area contributed by atoms with Gasteiger partial charge in [-0.2, -0.15) is 18.3 Å². The Labute approximate surface area is 241 Å². The van der Waals surface area contributed by atoms with Crippen LogP contribution in [0.1, 0.15) is 35.5 Å². The number of halogens is 5. The van der Waals surface area contributed by atoms with E-state index in [0.29, 0.717) is 11.8 Å². The zero-order valence-electron chi connectivity index (χ0n) is 22.0. The van der Waals surface area contributed by atoms with Crippen molar-refractivity contribution in [3.05, 3.63) is 99.3 Å². The minimum Gasteiger partial charge on any atom is -0.487 e. The van der Waals surface area contributed by atoms with Crippen molar-refractivity contribution in [3.63, 3.8) is 0 Å². The number of hydrogen-bond acceptors (Lipinski definition) is 4. The predicted molar refractivity (Wildman–Crippen MR) is 150 cm³/mol. The second-order valence-electron chi connectivity index (χ2n) is 9.72. The van der Waals surface area contributed by atoms with Crippen LogP contribution < -0.4 is 4.74 Å². The molecule has 0 aliphatic carbocycles. The lowest BCUT2D eigenvalue weighted by Gasteiger charge is -2.32. The summed E-state index contributed by atoms with van der Waals surface area (Å²) in [5.74, 6) is 0.549. The van der Waals surface area contributed by atoms with Gasteiger partial charge in [0, 0.05) is 19.1 Å². The van der Waals surface area contributed by atoms with Gasteiger partial charge in [0.2, 0.25) is 0 Å². The standard InChI is InChI=1S/C30H28Cl2F3N3O2/c1-19-16-23(22-8-6-21(7-9-22)20(2)37-12-14-39-15-13-37)10-11-27(19)40-18-24-17-28(30(33,34)35)36-38(24)29-25(31)4-3-5-26(29)32/h3-11,16-17,20H,12-15,18H2,1-2H3. The summed E-state index contributed by atoms with van der Waals surface area (Å²) < 4.78 is 53.0. The zero-order chi connectivity index (χ0) is 28.4. The Morgan fingerprint density at radius 3 is 2.23 bits per heavy atom. The maximum Gasteiger partial charge on any atom is 0.435 e. The van der Waals surface area contributed by atoms with Crippen LogP contribution in [0.25, 0.3) is 16.8 Å². The summed E-state index contributed by atoms with van der Waals surface area (Å²) in [6, 6.07) is 20.2. The van der Waals surface area contributed by atoms with E-state index < -0.39 is 11.9 Å². The van der Waals surface area contributed by atoms with Gasteiger partial charge in [-0.25, -0.2) is 4.68 Å². The molecule has 1 aliphatic rings. The Morgan fingerprint density at radius 1 is 0.950 bits per heavy atom. The number of para-hydroxylation sites is 1. The molecule has 1 atom stereocenters. The summed E-state index contributed by atoms with van der Waals surface area (Å²) in [5, 5.41) is 4.10. The van der Waals surface area contributed by atoms with Crippen LogP contribution in [0.4, 0.5) is 13.2 Å². The fraction of sp³-hybridized carbons (Fsp3) is 0.300. The molecule has 0 N–H and O–H groups in total. The molecule has 40 heavy (non-hydrogen) atoms. The topological polar surface area (TPSA) is 39.5 Å². The first-order valence-corrected chi connectivity index (χ1v) is 13.6. The molecular weight excluding hydrogens is 562 g/mol. The fourth-order valence-electron chi connectivity index (χ4n) is 4.82. The molecule has 1 fully saturated rings. The maximum absolute atomic E-state index is 13.5. The first-order valence-electron chi connectivity index (χ1n) is 12.9. The number of rotatable bonds is 7. The molecule has 0 bridgehead atoms. The second-order valence-corrected chi connectivity index (χ2v) is 10.5. The molecule has 0 amide bonds. The Balaban J connectivity index is 1.34. The monoisotopic (exact) mass is 589 g/mol. The molecule has 1 aromatic heterocycles. The van der Waals surface area contributed by atoms with E-state index in [9.17, 15) is 13.2 Å². The number of aromatic nitrogens is 2. The van der Waals surface area contributed by atoms with Crippen LogP contribution in [-0.2, 0) is 17.5 Å². The maximum atomic E-state index is 13.5. The van der Waals surface area contributed by atoms with Crippen molar-refractivity contribution in [2.45, 2.75) is 32.7 Å². The first-order chi connectivity index (χ1) is 19.1. The molecule has 3 aromatic carbocycles. The van der Waals surface area contributed by atoms with Crippen molar-refractivity contribution in [2.24, 2.45) is 0 Å². The van der Waals surface area contributed by atoms with E-state index in [-0.39, 0.29) is 28.0 Å². The van der Waals surface area contributed by atoms with Crippen LogP contribution in [-0.4, -0.2) is 41.0 Å². The summed E-state index contributed by atoms with van der Waals surface area (Å²) in [5.41, 5.74) is 3.45. The van der Waals surface area contributed by atoms with Crippen LogP contribution in [0.15, 0.2) is 66.7 Å². The highest BCUT2D eigenvalue weighted by Crippen LogP contribution is 2.35. The third-order valence-corrected chi connectivity index (χ3v) is 7.70. The number of alkyl halides is 3. The number of benzene rings is 3. The van der Waals surface area contributed by atoms with Crippen molar-refractivity contribution in [1.29, 1.82) is 0 Å². The molecule has 2 heterocycles. The summed E-state index contributed by atoms with van der Waals surface area (Å²) >= 11 is 12.5. The van der Waals surface area contributed by atoms with Crippen molar-refractivity contribution < 1.29 is 22.6 Å². The Hall–Kier alpha value is -3.04. The molecule has 4 aromatic rings. The third-order valence-electron chi connectivity index (χ3n) is 7.09. The number of nitrogens with zero attached hydrogens (tertiary/aromatic N) is 3. The normalized spacial score (nSPS) is 15.3. The molecule has 1 aliphatic heterocycles. The van der Waals surface area contributed by atoms with E-state index in [1.165, 1.54) is 5.56 Å². The minimum absolute atomic E-state index is 0.163. The Kier molecular flexibility index (Phi) is 8.42.